The molecule has 0 spiro atoms. The molecule has 2 aromatic carbocycles. The maximum atomic E-state index is 12.8. The van der Waals surface area contributed by atoms with Crippen molar-refractivity contribution in [2.45, 2.75) is 70.6 Å². The van der Waals surface area contributed by atoms with Gasteiger partial charge >= 0.3 is 0 Å². The quantitative estimate of drug-likeness (QED) is 0.456. The zero-order valence-corrected chi connectivity index (χ0v) is 19.1. The molecule has 3 aliphatic carbocycles. The topological polar surface area (TPSA) is 99.3 Å². The number of benzene rings is 2. The Hall–Kier alpha value is -3.28. The standard InChI is InChI=1S/C27H28N2O4/c1-3-5-7-27(8-6-4-2)21-10-16-12-24(29-33)25(30)17(16)13-20(21)19-9-15-11-23(28-32)26(31)18(15)14-22(19)27/h9-10,13-14,32-33H,3-8,11-12H2,1-2H3/b28-23+,29-24-. The van der Waals surface area contributed by atoms with Gasteiger partial charge in [-0.1, -0.05) is 55.9 Å². The van der Waals surface area contributed by atoms with Gasteiger partial charge < -0.3 is 10.4 Å². The first-order valence-electron chi connectivity index (χ1n) is 11.9. The second kappa shape index (κ2) is 7.94. The van der Waals surface area contributed by atoms with Crippen LogP contribution in [0.15, 0.2) is 34.6 Å². The summed E-state index contributed by atoms with van der Waals surface area (Å²) in [7, 11) is 0. The highest BCUT2D eigenvalue weighted by Gasteiger charge is 2.45. The number of hydrogen-bond acceptors (Lipinski definition) is 6. The average Bonchev–Trinajstić information content (AvgIpc) is 3.41. The second-order valence-corrected chi connectivity index (χ2v) is 9.50. The lowest BCUT2D eigenvalue weighted by atomic mass is 9.70. The molecule has 3 aliphatic rings. The molecule has 5 rings (SSSR count). The van der Waals surface area contributed by atoms with Crippen LogP contribution >= 0.6 is 0 Å². The average molecular weight is 445 g/mol. The zero-order chi connectivity index (χ0) is 23.3. The summed E-state index contributed by atoms with van der Waals surface area (Å²) >= 11 is 0. The van der Waals surface area contributed by atoms with Crippen molar-refractivity contribution < 1.29 is 20.0 Å². The molecule has 6 heteroatoms. The maximum Gasteiger partial charge on any atom is 0.211 e. The minimum Gasteiger partial charge on any atom is -0.411 e. The fourth-order valence-electron chi connectivity index (χ4n) is 6.00. The highest BCUT2D eigenvalue weighted by molar-refractivity contribution is 6.50. The fraction of sp³-hybridized carbons (Fsp3) is 0.407. The summed E-state index contributed by atoms with van der Waals surface area (Å²) in [6.45, 7) is 4.37. The molecule has 0 saturated carbocycles. The van der Waals surface area contributed by atoms with Crippen LogP contribution in [0.5, 0.6) is 0 Å². The largest absolute Gasteiger partial charge is 0.411 e. The van der Waals surface area contributed by atoms with Crippen molar-refractivity contribution in [1.82, 2.24) is 0 Å². The first kappa shape index (κ1) is 21.6. The third-order valence-corrected chi connectivity index (χ3v) is 7.69. The summed E-state index contributed by atoms with van der Waals surface area (Å²) < 4.78 is 0. The van der Waals surface area contributed by atoms with Crippen LogP contribution in [-0.2, 0) is 18.3 Å². The fourth-order valence-corrected chi connectivity index (χ4v) is 6.00. The van der Waals surface area contributed by atoms with E-state index in [4.69, 9.17) is 0 Å². The number of carbonyl (C=O) groups excluding carboxylic acids is 2. The zero-order valence-electron chi connectivity index (χ0n) is 19.1. The number of unbranched alkanes of at least 4 members (excludes halogenated alkanes) is 2. The summed E-state index contributed by atoms with van der Waals surface area (Å²) in [4.78, 5) is 25.6. The van der Waals surface area contributed by atoms with Crippen LogP contribution in [0.2, 0.25) is 0 Å². The van der Waals surface area contributed by atoms with Crippen LogP contribution in [0, 0.1) is 0 Å². The van der Waals surface area contributed by atoms with Gasteiger partial charge in [-0.25, -0.2) is 0 Å². The Morgan fingerprint density at radius 1 is 0.727 bits per heavy atom. The van der Waals surface area contributed by atoms with Gasteiger partial charge in [0.15, 0.2) is 0 Å². The molecule has 0 aromatic heterocycles. The van der Waals surface area contributed by atoms with Crippen LogP contribution in [-0.4, -0.2) is 33.4 Å². The van der Waals surface area contributed by atoms with Crippen LogP contribution in [0.4, 0.5) is 0 Å². The van der Waals surface area contributed by atoms with E-state index < -0.39 is 0 Å². The molecule has 0 fully saturated rings. The van der Waals surface area contributed by atoms with Gasteiger partial charge in [-0.2, -0.15) is 0 Å². The maximum absolute atomic E-state index is 12.8. The molecular weight excluding hydrogens is 416 g/mol. The van der Waals surface area contributed by atoms with Crippen LogP contribution in [0.25, 0.3) is 11.1 Å². The van der Waals surface area contributed by atoms with Crippen molar-refractivity contribution in [2.24, 2.45) is 10.3 Å². The molecule has 0 unspecified atom stereocenters. The van der Waals surface area contributed by atoms with E-state index in [2.05, 4.69) is 36.3 Å². The molecule has 33 heavy (non-hydrogen) atoms. The van der Waals surface area contributed by atoms with E-state index in [0.29, 0.717) is 24.0 Å². The van der Waals surface area contributed by atoms with Crippen molar-refractivity contribution in [2.75, 3.05) is 0 Å². The monoisotopic (exact) mass is 444 g/mol. The van der Waals surface area contributed by atoms with Crippen molar-refractivity contribution >= 4 is 23.0 Å². The molecule has 0 radical (unpaired) electrons. The number of nitrogens with zero attached hydrogens (tertiary/aromatic N) is 2. The smallest absolute Gasteiger partial charge is 0.211 e. The van der Waals surface area contributed by atoms with Crippen molar-refractivity contribution in [1.29, 1.82) is 0 Å². The first-order chi connectivity index (χ1) is 16.0. The molecule has 6 nitrogen and oxygen atoms in total. The van der Waals surface area contributed by atoms with E-state index in [1.807, 2.05) is 12.1 Å². The Bertz CT molecular complexity index is 1250. The third-order valence-electron chi connectivity index (χ3n) is 7.69. The summed E-state index contributed by atoms with van der Waals surface area (Å²) in [5.41, 5.74) is 7.60. The summed E-state index contributed by atoms with van der Waals surface area (Å²) in [6, 6.07) is 8.21. The molecule has 0 atom stereocenters. The van der Waals surface area contributed by atoms with Crippen LogP contribution in [0.1, 0.15) is 95.3 Å². The van der Waals surface area contributed by atoms with E-state index in [9.17, 15) is 20.0 Å². The molecule has 2 N–H and O–H groups in total. The predicted octanol–water partition coefficient (Wildman–Crippen LogP) is 5.47. The van der Waals surface area contributed by atoms with Crippen molar-refractivity contribution in [3.8, 4) is 11.1 Å². The van der Waals surface area contributed by atoms with Gasteiger partial charge in [-0.05, 0) is 64.4 Å². The number of carbonyl (C=O) groups is 2. The number of rotatable bonds is 6. The van der Waals surface area contributed by atoms with Crippen molar-refractivity contribution in [3.05, 3.63) is 57.6 Å². The Morgan fingerprint density at radius 3 is 1.76 bits per heavy atom. The molecule has 0 bridgehead atoms. The number of hydrogen-bond donors (Lipinski definition) is 2. The van der Waals surface area contributed by atoms with E-state index >= 15 is 0 Å². The lowest BCUT2D eigenvalue weighted by Crippen LogP contribution is -2.26. The number of oxime groups is 2. The SMILES string of the molecule is CCCCC1(CCCC)c2cc3c(cc2-c2cc4c(cc21)C(=O)/C(=N/O)C4)C(=O)/C(=N\O)C3. The molecular formula is C27H28N2O4. The molecule has 0 amide bonds. The van der Waals surface area contributed by atoms with Crippen LogP contribution in [0.3, 0.4) is 0 Å². The highest BCUT2D eigenvalue weighted by Crippen LogP contribution is 2.56. The molecule has 2 aromatic rings. The molecule has 0 heterocycles. The highest BCUT2D eigenvalue weighted by atomic mass is 16.4. The van der Waals surface area contributed by atoms with Crippen molar-refractivity contribution in [3.63, 3.8) is 0 Å². The van der Waals surface area contributed by atoms with E-state index in [0.717, 1.165) is 66.3 Å². The minimum absolute atomic E-state index is 0.176. The molecule has 0 aliphatic heterocycles. The van der Waals surface area contributed by atoms with Gasteiger partial charge in [-0.15, -0.1) is 0 Å². The van der Waals surface area contributed by atoms with Crippen LogP contribution < -0.4 is 0 Å². The van der Waals surface area contributed by atoms with Gasteiger partial charge in [-0.3, -0.25) is 9.59 Å². The normalized spacial score (nSPS) is 19.8. The summed E-state index contributed by atoms with van der Waals surface area (Å²) in [5, 5.41) is 25.0. The number of fused-ring (bicyclic) bond motifs is 5. The number of Topliss-reactive ketones (excluding diaryl/α,β-unsaturated/α-hetero) is 2. The van der Waals surface area contributed by atoms with E-state index in [1.165, 1.54) is 5.56 Å². The Labute approximate surface area is 193 Å². The van der Waals surface area contributed by atoms with E-state index in [-0.39, 0.29) is 28.4 Å². The van der Waals surface area contributed by atoms with Gasteiger partial charge in [0.05, 0.1) is 0 Å². The third kappa shape index (κ3) is 3.00. The Morgan fingerprint density at radius 2 is 1.21 bits per heavy atom. The lowest BCUT2D eigenvalue weighted by Gasteiger charge is -2.33. The molecule has 0 saturated heterocycles. The van der Waals surface area contributed by atoms with Gasteiger partial charge in [0.25, 0.3) is 0 Å². The Balaban J connectivity index is 1.78. The first-order valence-corrected chi connectivity index (χ1v) is 11.9. The molecule has 170 valence electrons. The summed E-state index contributed by atoms with van der Waals surface area (Å²) in [6.07, 6.45) is 6.82. The predicted molar refractivity (Wildman–Crippen MR) is 126 cm³/mol. The Kier molecular flexibility index (Phi) is 5.19. The number of ketones is 2. The summed E-state index contributed by atoms with van der Waals surface area (Å²) in [5.74, 6) is -0.421. The second-order valence-electron chi connectivity index (χ2n) is 9.50. The lowest BCUT2D eigenvalue weighted by molar-refractivity contribution is 0.105. The van der Waals surface area contributed by atoms with E-state index in [1.54, 1.807) is 0 Å². The van der Waals surface area contributed by atoms with Gasteiger partial charge in [0.1, 0.15) is 11.4 Å². The van der Waals surface area contributed by atoms with Gasteiger partial charge in [0, 0.05) is 29.4 Å². The minimum atomic E-state index is -0.234. The van der Waals surface area contributed by atoms with Gasteiger partial charge in [0.2, 0.25) is 11.6 Å².